The van der Waals surface area contributed by atoms with Crippen LogP contribution in [0, 0.1) is 5.92 Å². The van der Waals surface area contributed by atoms with Crippen molar-refractivity contribution in [2.24, 2.45) is 5.92 Å². The third kappa shape index (κ3) is 3.39. The highest BCUT2D eigenvalue weighted by atomic mass is 35.5. The van der Waals surface area contributed by atoms with Crippen LogP contribution in [-0.4, -0.2) is 19.7 Å². The van der Waals surface area contributed by atoms with Crippen LogP contribution in [0.1, 0.15) is 38.2 Å². The van der Waals surface area contributed by atoms with Gasteiger partial charge in [-0.15, -0.1) is 0 Å². The van der Waals surface area contributed by atoms with Crippen molar-refractivity contribution in [2.45, 2.75) is 38.6 Å². The Kier molecular flexibility index (Phi) is 4.52. The molecule has 1 aromatic carbocycles. The Morgan fingerprint density at radius 3 is 2.67 bits per heavy atom. The van der Waals surface area contributed by atoms with E-state index in [9.17, 15) is 0 Å². The molecule has 1 aliphatic rings. The molecule has 3 heteroatoms. The van der Waals surface area contributed by atoms with Crippen LogP contribution < -0.4 is 10.1 Å². The maximum Gasteiger partial charge on any atom is 0.122 e. The average Bonchev–Trinajstić information content (AvgIpc) is 3.13. The fourth-order valence-corrected chi connectivity index (χ4v) is 2.46. The molecule has 0 amide bonds. The largest absolute Gasteiger partial charge is 0.496 e. The number of benzene rings is 1. The number of halogens is 1. The number of hydrogen-bond donors (Lipinski definition) is 1. The van der Waals surface area contributed by atoms with Gasteiger partial charge in [-0.2, -0.15) is 0 Å². The van der Waals surface area contributed by atoms with Crippen LogP contribution in [0.4, 0.5) is 0 Å². The van der Waals surface area contributed by atoms with Gasteiger partial charge in [0, 0.05) is 29.1 Å². The van der Waals surface area contributed by atoms with Gasteiger partial charge < -0.3 is 10.1 Å². The molecule has 0 aliphatic heterocycles. The second kappa shape index (κ2) is 5.94. The van der Waals surface area contributed by atoms with E-state index in [1.165, 1.54) is 18.4 Å². The maximum atomic E-state index is 6.12. The van der Waals surface area contributed by atoms with E-state index in [4.69, 9.17) is 16.3 Å². The summed E-state index contributed by atoms with van der Waals surface area (Å²) in [7, 11) is 1.72. The van der Waals surface area contributed by atoms with Gasteiger partial charge in [0.2, 0.25) is 0 Å². The molecule has 0 radical (unpaired) electrons. The zero-order chi connectivity index (χ0) is 13.1. The summed E-state index contributed by atoms with van der Waals surface area (Å²) in [6, 6.07) is 6.62. The first-order valence-corrected chi connectivity index (χ1v) is 7.06. The maximum absolute atomic E-state index is 6.12. The van der Waals surface area contributed by atoms with Crippen molar-refractivity contribution in [1.82, 2.24) is 5.32 Å². The summed E-state index contributed by atoms with van der Waals surface area (Å²) < 4.78 is 5.47. The average molecular weight is 268 g/mol. The third-order valence-corrected chi connectivity index (χ3v) is 3.83. The molecule has 100 valence electrons. The van der Waals surface area contributed by atoms with Gasteiger partial charge in [0.15, 0.2) is 0 Å². The van der Waals surface area contributed by atoms with Crippen LogP contribution in [0.2, 0.25) is 5.02 Å². The predicted octanol–water partition coefficient (Wildman–Crippen LogP) is 3.84. The molecule has 2 nitrogen and oxygen atoms in total. The third-order valence-electron chi connectivity index (χ3n) is 3.60. The number of hydrogen-bond acceptors (Lipinski definition) is 2. The van der Waals surface area contributed by atoms with Gasteiger partial charge in [-0.1, -0.05) is 25.4 Å². The molecule has 1 unspecified atom stereocenters. The predicted molar refractivity (Wildman–Crippen MR) is 76.6 cm³/mol. The van der Waals surface area contributed by atoms with E-state index in [1.807, 2.05) is 18.2 Å². The highest BCUT2D eigenvalue weighted by molar-refractivity contribution is 6.30. The van der Waals surface area contributed by atoms with Gasteiger partial charge in [0.1, 0.15) is 5.75 Å². The minimum atomic E-state index is 0.444. The van der Waals surface area contributed by atoms with Crippen molar-refractivity contribution in [2.75, 3.05) is 13.7 Å². The van der Waals surface area contributed by atoms with Crippen LogP contribution in [0.25, 0.3) is 0 Å². The van der Waals surface area contributed by atoms with Gasteiger partial charge in [-0.05, 0) is 37.0 Å². The molecular weight excluding hydrogens is 246 g/mol. The zero-order valence-electron chi connectivity index (χ0n) is 11.4. The van der Waals surface area contributed by atoms with Crippen LogP contribution in [0.5, 0.6) is 5.75 Å². The van der Waals surface area contributed by atoms with Crippen LogP contribution in [0.15, 0.2) is 18.2 Å². The lowest BCUT2D eigenvalue weighted by atomic mass is 9.87. The van der Waals surface area contributed by atoms with Crippen molar-refractivity contribution in [3.8, 4) is 5.75 Å². The molecule has 0 bridgehead atoms. The Balaban J connectivity index is 2.19. The number of methoxy groups -OCH3 is 1. The molecule has 0 spiro atoms. The summed E-state index contributed by atoms with van der Waals surface area (Å²) in [4.78, 5) is 0. The Bertz CT molecular complexity index is 401. The summed E-state index contributed by atoms with van der Waals surface area (Å²) >= 11 is 6.12. The summed E-state index contributed by atoms with van der Waals surface area (Å²) in [6.45, 7) is 5.50. The molecule has 1 N–H and O–H groups in total. The van der Waals surface area contributed by atoms with Crippen LogP contribution in [0.3, 0.4) is 0 Å². The monoisotopic (exact) mass is 267 g/mol. The molecular formula is C15H22ClNO. The molecule has 1 aliphatic carbocycles. The smallest absolute Gasteiger partial charge is 0.122 e. The fraction of sp³-hybridized carbons (Fsp3) is 0.600. The molecule has 0 saturated heterocycles. The quantitative estimate of drug-likeness (QED) is 0.846. The van der Waals surface area contributed by atoms with Crippen molar-refractivity contribution >= 4 is 11.6 Å². The minimum absolute atomic E-state index is 0.444. The van der Waals surface area contributed by atoms with E-state index >= 15 is 0 Å². The van der Waals surface area contributed by atoms with E-state index in [0.29, 0.717) is 11.8 Å². The first-order valence-electron chi connectivity index (χ1n) is 6.68. The molecule has 0 heterocycles. The van der Waals surface area contributed by atoms with Crippen LogP contribution >= 0.6 is 11.6 Å². The van der Waals surface area contributed by atoms with Gasteiger partial charge in [0.25, 0.3) is 0 Å². The van der Waals surface area contributed by atoms with E-state index < -0.39 is 0 Å². The van der Waals surface area contributed by atoms with Gasteiger partial charge in [0.05, 0.1) is 7.11 Å². The SMILES string of the molecule is COc1ccc(Cl)cc1C(CNC1CC1)C(C)C. The normalized spacial score (nSPS) is 16.9. The lowest BCUT2D eigenvalue weighted by molar-refractivity contribution is 0.389. The van der Waals surface area contributed by atoms with Crippen molar-refractivity contribution in [3.63, 3.8) is 0 Å². The molecule has 1 fully saturated rings. The summed E-state index contributed by atoms with van der Waals surface area (Å²) in [6.07, 6.45) is 2.63. The zero-order valence-corrected chi connectivity index (χ0v) is 12.1. The van der Waals surface area contributed by atoms with Crippen molar-refractivity contribution in [3.05, 3.63) is 28.8 Å². The molecule has 1 aromatic rings. The van der Waals surface area contributed by atoms with E-state index in [-0.39, 0.29) is 0 Å². The fourth-order valence-electron chi connectivity index (χ4n) is 2.28. The second-order valence-electron chi connectivity index (χ2n) is 5.42. The number of nitrogens with one attached hydrogen (secondary N) is 1. The molecule has 0 aromatic heterocycles. The van der Waals surface area contributed by atoms with Crippen molar-refractivity contribution in [1.29, 1.82) is 0 Å². The second-order valence-corrected chi connectivity index (χ2v) is 5.86. The number of ether oxygens (including phenoxy) is 1. The van der Waals surface area contributed by atoms with Gasteiger partial charge in [-0.3, -0.25) is 0 Å². The molecule has 1 saturated carbocycles. The molecule has 2 rings (SSSR count). The lowest BCUT2D eigenvalue weighted by Crippen LogP contribution is -2.26. The van der Waals surface area contributed by atoms with Crippen molar-refractivity contribution < 1.29 is 4.74 Å². The number of rotatable bonds is 6. The molecule has 1 atom stereocenters. The highest BCUT2D eigenvalue weighted by Crippen LogP contribution is 2.34. The Labute approximate surface area is 115 Å². The van der Waals surface area contributed by atoms with E-state index in [1.54, 1.807) is 7.11 Å². The van der Waals surface area contributed by atoms with Gasteiger partial charge >= 0.3 is 0 Å². The van der Waals surface area contributed by atoms with Crippen LogP contribution in [-0.2, 0) is 0 Å². The highest BCUT2D eigenvalue weighted by Gasteiger charge is 2.25. The lowest BCUT2D eigenvalue weighted by Gasteiger charge is -2.24. The first-order chi connectivity index (χ1) is 8.61. The summed E-state index contributed by atoms with van der Waals surface area (Å²) in [5, 5.41) is 4.39. The minimum Gasteiger partial charge on any atom is -0.496 e. The molecule has 18 heavy (non-hydrogen) atoms. The van der Waals surface area contributed by atoms with Gasteiger partial charge in [-0.25, -0.2) is 0 Å². The summed E-state index contributed by atoms with van der Waals surface area (Å²) in [5.41, 5.74) is 1.22. The van der Waals surface area contributed by atoms with E-state index in [0.717, 1.165) is 23.4 Å². The Hall–Kier alpha value is -0.730. The Morgan fingerprint density at radius 1 is 1.39 bits per heavy atom. The summed E-state index contributed by atoms with van der Waals surface area (Å²) in [5.74, 6) is 1.94. The first kappa shape index (κ1) is 13.7. The topological polar surface area (TPSA) is 21.3 Å². The van der Waals surface area contributed by atoms with E-state index in [2.05, 4.69) is 19.2 Å². The standard InChI is InChI=1S/C15H22ClNO/c1-10(2)14(9-17-12-5-6-12)13-8-11(16)4-7-15(13)18-3/h4,7-8,10,12,14,17H,5-6,9H2,1-3H3. The Morgan fingerprint density at radius 2 is 2.11 bits per heavy atom.